The predicted molar refractivity (Wildman–Crippen MR) is 120 cm³/mol. The van der Waals surface area contributed by atoms with Gasteiger partial charge in [0, 0.05) is 23.5 Å². The lowest BCUT2D eigenvalue weighted by Gasteiger charge is -2.23. The van der Waals surface area contributed by atoms with Crippen LogP contribution in [0.4, 0.5) is 0 Å². The normalized spacial score (nSPS) is 11.6. The van der Waals surface area contributed by atoms with Gasteiger partial charge in [0.2, 0.25) is 5.91 Å². The molecule has 8 heteroatoms. The van der Waals surface area contributed by atoms with E-state index in [1.807, 2.05) is 67.6 Å². The zero-order valence-corrected chi connectivity index (χ0v) is 18.7. The summed E-state index contributed by atoms with van der Waals surface area (Å²) >= 11 is 5.75. The molecule has 1 amide bonds. The van der Waals surface area contributed by atoms with Crippen LogP contribution in [0.5, 0.6) is 0 Å². The highest BCUT2D eigenvalue weighted by molar-refractivity contribution is 7.71. The van der Waals surface area contributed by atoms with E-state index in [9.17, 15) is 4.79 Å². The summed E-state index contributed by atoms with van der Waals surface area (Å²) in [5.74, 6) is 0.744. The number of hydrogen-bond donors (Lipinski definition) is 1. The third-order valence-electron chi connectivity index (χ3n) is 4.35. The Bertz CT molecular complexity index is 1040. The standard InChI is InChI=1S/C22H28N6OS/c1-22(2,3)24-19(29)15-26(4)16-28-21(30)27(14-17-8-6-5-7-9-17)20(25-28)18-10-12-23-13-11-18/h5-13H,14-16H2,1-4H3,(H,24,29). The van der Waals surface area contributed by atoms with Crippen LogP contribution in [0.2, 0.25) is 0 Å². The van der Waals surface area contributed by atoms with E-state index in [0.717, 1.165) is 17.0 Å². The monoisotopic (exact) mass is 424 g/mol. The SMILES string of the molecule is CN(CC(=O)NC(C)(C)C)Cn1nc(-c2ccncc2)n(Cc2ccccc2)c1=S. The van der Waals surface area contributed by atoms with Crippen LogP contribution < -0.4 is 5.32 Å². The number of likely N-dealkylation sites (N-methyl/N-ethyl adjacent to an activating group) is 1. The lowest BCUT2D eigenvalue weighted by atomic mass is 10.1. The lowest BCUT2D eigenvalue weighted by Crippen LogP contribution is -2.45. The summed E-state index contributed by atoms with van der Waals surface area (Å²) in [5.41, 5.74) is 1.82. The molecule has 0 spiro atoms. The molecule has 2 heterocycles. The van der Waals surface area contributed by atoms with E-state index in [0.29, 0.717) is 18.0 Å². The predicted octanol–water partition coefficient (Wildman–Crippen LogP) is 3.33. The molecule has 158 valence electrons. The Morgan fingerprint density at radius 3 is 2.43 bits per heavy atom. The Morgan fingerprint density at radius 1 is 1.13 bits per heavy atom. The minimum Gasteiger partial charge on any atom is -0.350 e. The molecule has 30 heavy (non-hydrogen) atoms. The van der Waals surface area contributed by atoms with E-state index in [1.54, 1.807) is 17.1 Å². The second-order valence-corrected chi connectivity index (χ2v) is 8.73. The molecule has 0 radical (unpaired) electrons. The van der Waals surface area contributed by atoms with Crippen molar-refractivity contribution in [2.24, 2.45) is 0 Å². The first-order chi connectivity index (χ1) is 14.2. The molecule has 0 fully saturated rings. The molecule has 3 aromatic rings. The Kier molecular flexibility index (Phi) is 6.79. The number of nitrogens with one attached hydrogen (secondary N) is 1. The van der Waals surface area contributed by atoms with E-state index in [1.165, 1.54) is 0 Å². The Hall–Kier alpha value is -2.84. The van der Waals surface area contributed by atoms with Crippen LogP contribution in [0.25, 0.3) is 11.4 Å². The van der Waals surface area contributed by atoms with Gasteiger partial charge in [-0.1, -0.05) is 30.3 Å². The van der Waals surface area contributed by atoms with Crippen LogP contribution in [0.1, 0.15) is 26.3 Å². The largest absolute Gasteiger partial charge is 0.350 e. The zero-order valence-electron chi connectivity index (χ0n) is 17.9. The first-order valence-corrected chi connectivity index (χ1v) is 10.3. The topological polar surface area (TPSA) is 68.0 Å². The van der Waals surface area contributed by atoms with Crippen molar-refractivity contribution in [2.75, 3.05) is 13.6 Å². The lowest BCUT2D eigenvalue weighted by molar-refractivity contribution is -0.123. The Balaban J connectivity index is 1.86. The number of carbonyl (C=O) groups is 1. The highest BCUT2D eigenvalue weighted by Gasteiger charge is 2.17. The Labute approximate surface area is 182 Å². The molecule has 0 saturated carbocycles. The van der Waals surface area contributed by atoms with Crippen molar-refractivity contribution in [2.45, 2.75) is 39.5 Å². The minimum absolute atomic E-state index is 0.0328. The van der Waals surface area contributed by atoms with Crippen molar-refractivity contribution >= 4 is 18.1 Å². The number of hydrogen-bond acceptors (Lipinski definition) is 5. The van der Waals surface area contributed by atoms with Gasteiger partial charge in [0.15, 0.2) is 10.6 Å². The van der Waals surface area contributed by atoms with Crippen LogP contribution in [0.15, 0.2) is 54.9 Å². The van der Waals surface area contributed by atoms with Gasteiger partial charge in [0.25, 0.3) is 0 Å². The summed E-state index contributed by atoms with van der Waals surface area (Å²) in [6, 6.07) is 14.0. The molecular weight excluding hydrogens is 396 g/mol. The summed E-state index contributed by atoms with van der Waals surface area (Å²) in [6.07, 6.45) is 3.49. The van der Waals surface area contributed by atoms with Crippen LogP contribution in [0.3, 0.4) is 0 Å². The summed E-state index contributed by atoms with van der Waals surface area (Å²) in [5, 5.41) is 7.75. The maximum Gasteiger partial charge on any atom is 0.234 e. The van der Waals surface area contributed by atoms with E-state index >= 15 is 0 Å². The van der Waals surface area contributed by atoms with Crippen molar-refractivity contribution in [3.63, 3.8) is 0 Å². The van der Waals surface area contributed by atoms with Gasteiger partial charge in [-0.15, -0.1) is 0 Å². The maximum atomic E-state index is 12.3. The van der Waals surface area contributed by atoms with Crippen molar-refractivity contribution in [3.8, 4) is 11.4 Å². The fourth-order valence-electron chi connectivity index (χ4n) is 3.14. The summed E-state index contributed by atoms with van der Waals surface area (Å²) in [6.45, 7) is 7.19. The van der Waals surface area contributed by atoms with Crippen LogP contribution in [0, 0.1) is 4.77 Å². The van der Waals surface area contributed by atoms with Gasteiger partial charge in [-0.25, -0.2) is 4.68 Å². The molecule has 1 aromatic carbocycles. The molecule has 0 aliphatic carbocycles. The fourth-order valence-corrected chi connectivity index (χ4v) is 3.39. The van der Waals surface area contributed by atoms with E-state index < -0.39 is 0 Å². The van der Waals surface area contributed by atoms with Crippen molar-refractivity contribution in [1.82, 2.24) is 29.5 Å². The van der Waals surface area contributed by atoms with Crippen LogP contribution in [-0.4, -0.2) is 49.3 Å². The third kappa shape index (κ3) is 5.84. The number of aromatic nitrogens is 4. The summed E-state index contributed by atoms with van der Waals surface area (Å²) < 4.78 is 4.38. The molecule has 1 N–H and O–H groups in total. The number of amides is 1. The molecule has 7 nitrogen and oxygen atoms in total. The zero-order chi connectivity index (χ0) is 21.7. The molecular formula is C22H28N6OS. The van der Waals surface area contributed by atoms with Gasteiger partial charge in [0.05, 0.1) is 19.8 Å². The van der Waals surface area contributed by atoms with Crippen molar-refractivity contribution < 1.29 is 4.79 Å². The molecule has 0 unspecified atom stereocenters. The first-order valence-electron chi connectivity index (χ1n) is 9.84. The van der Waals surface area contributed by atoms with Crippen LogP contribution >= 0.6 is 12.2 Å². The number of rotatable bonds is 7. The average molecular weight is 425 g/mol. The number of benzene rings is 1. The summed E-state index contributed by atoms with van der Waals surface area (Å²) in [7, 11) is 1.88. The van der Waals surface area contributed by atoms with Gasteiger partial charge < -0.3 is 5.32 Å². The van der Waals surface area contributed by atoms with Gasteiger partial charge in [-0.2, -0.15) is 5.10 Å². The second kappa shape index (κ2) is 9.32. The van der Waals surface area contributed by atoms with Crippen molar-refractivity contribution in [3.05, 3.63) is 65.2 Å². The molecule has 0 aliphatic rings. The number of nitrogens with zero attached hydrogens (tertiary/aromatic N) is 5. The third-order valence-corrected chi connectivity index (χ3v) is 4.78. The summed E-state index contributed by atoms with van der Waals surface area (Å²) in [4.78, 5) is 18.3. The van der Waals surface area contributed by atoms with Crippen LogP contribution in [-0.2, 0) is 18.0 Å². The smallest absolute Gasteiger partial charge is 0.234 e. The Morgan fingerprint density at radius 2 is 1.80 bits per heavy atom. The molecule has 0 bridgehead atoms. The van der Waals surface area contributed by atoms with E-state index in [-0.39, 0.29) is 18.0 Å². The fraction of sp³-hybridized carbons (Fsp3) is 0.364. The molecule has 0 atom stereocenters. The molecule has 3 rings (SSSR count). The van der Waals surface area contributed by atoms with Gasteiger partial charge in [-0.05, 0) is 57.7 Å². The van der Waals surface area contributed by atoms with Gasteiger partial charge >= 0.3 is 0 Å². The highest BCUT2D eigenvalue weighted by Crippen LogP contribution is 2.19. The first kappa shape index (κ1) is 21.9. The molecule has 2 aromatic heterocycles. The van der Waals surface area contributed by atoms with Crippen molar-refractivity contribution in [1.29, 1.82) is 0 Å². The number of pyridine rings is 1. The molecule has 0 saturated heterocycles. The minimum atomic E-state index is -0.264. The molecule has 0 aliphatic heterocycles. The average Bonchev–Trinajstić information content (AvgIpc) is 2.97. The number of carbonyl (C=O) groups excluding carboxylic acids is 1. The van der Waals surface area contributed by atoms with E-state index in [2.05, 4.69) is 22.4 Å². The quantitative estimate of drug-likeness (QED) is 0.589. The second-order valence-electron chi connectivity index (χ2n) is 8.37. The van der Waals surface area contributed by atoms with E-state index in [4.69, 9.17) is 17.3 Å². The van der Waals surface area contributed by atoms with Gasteiger partial charge in [-0.3, -0.25) is 19.2 Å². The highest BCUT2D eigenvalue weighted by atomic mass is 32.1. The maximum absolute atomic E-state index is 12.3. The van der Waals surface area contributed by atoms with Gasteiger partial charge in [0.1, 0.15) is 0 Å².